The quantitative estimate of drug-likeness (QED) is 0.106. The van der Waals surface area contributed by atoms with E-state index in [9.17, 15) is 14.2 Å². The van der Waals surface area contributed by atoms with E-state index in [0.29, 0.717) is 23.5 Å². The van der Waals surface area contributed by atoms with Gasteiger partial charge in [0.25, 0.3) is 5.56 Å². The first-order valence-electron chi connectivity index (χ1n) is 16.7. The van der Waals surface area contributed by atoms with E-state index in [1.807, 2.05) is 85.8 Å². The van der Waals surface area contributed by atoms with Gasteiger partial charge in [0.05, 0.1) is 26.9 Å². The first kappa shape index (κ1) is 36.7. The van der Waals surface area contributed by atoms with Crippen LogP contribution in [-0.2, 0) is 33.4 Å². The second-order valence-corrected chi connectivity index (χ2v) is 13.7. The number of hydrogen-bond donors (Lipinski definition) is 1. The zero-order valence-corrected chi connectivity index (χ0v) is 29.8. The van der Waals surface area contributed by atoms with Gasteiger partial charge in [0, 0.05) is 22.3 Å². The maximum absolute atomic E-state index is 13.2. The Balaban J connectivity index is 1.18. The molecule has 2 fully saturated rings. The van der Waals surface area contributed by atoms with Crippen LogP contribution in [0.2, 0.25) is 0 Å². The van der Waals surface area contributed by atoms with Gasteiger partial charge in [-0.1, -0.05) is 61.5 Å². The van der Waals surface area contributed by atoms with Gasteiger partial charge < -0.3 is 23.7 Å². The third-order valence-electron chi connectivity index (χ3n) is 9.43. The predicted molar refractivity (Wildman–Crippen MR) is 189 cm³/mol. The Morgan fingerprint density at radius 1 is 0.863 bits per heavy atom. The Bertz CT molecular complexity index is 1860. The highest BCUT2D eigenvalue weighted by Gasteiger charge is 2.45. The highest BCUT2D eigenvalue weighted by Crippen LogP contribution is 2.43. The molecule has 3 heterocycles. The van der Waals surface area contributed by atoms with Crippen molar-refractivity contribution >= 4 is 16.1 Å². The molecular formula is C37H41BN2O10P+. The molecule has 14 heteroatoms. The van der Waals surface area contributed by atoms with Crippen molar-refractivity contribution in [2.24, 2.45) is 5.92 Å². The van der Waals surface area contributed by atoms with Crippen LogP contribution >= 0.6 is 8.25 Å². The van der Waals surface area contributed by atoms with Gasteiger partial charge in [0.2, 0.25) is 0 Å². The Kier molecular flexibility index (Phi) is 11.6. The molecule has 4 aromatic rings. The van der Waals surface area contributed by atoms with E-state index in [0.717, 1.165) is 16.7 Å². The summed E-state index contributed by atoms with van der Waals surface area (Å²) >= 11 is 0. The van der Waals surface area contributed by atoms with Crippen molar-refractivity contribution < 1.29 is 37.3 Å². The lowest BCUT2D eigenvalue weighted by Gasteiger charge is -2.37. The summed E-state index contributed by atoms with van der Waals surface area (Å²) in [7, 11) is 6.86. The van der Waals surface area contributed by atoms with Crippen LogP contribution < -0.4 is 20.7 Å². The summed E-state index contributed by atoms with van der Waals surface area (Å²) < 4.78 is 56.1. The monoisotopic (exact) mass is 715 g/mol. The summed E-state index contributed by atoms with van der Waals surface area (Å²) in [5, 5.41) is 0. The van der Waals surface area contributed by atoms with Gasteiger partial charge in [-0.2, -0.15) is 0 Å². The number of H-pyrrole nitrogens is 1. The second-order valence-electron chi connectivity index (χ2n) is 12.7. The molecule has 2 aliphatic rings. The van der Waals surface area contributed by atoms with Gasteiger partial charge in [0.1, 0.15) is 50.0 Å². The van der Waals surface area contributed by atoms with Crippen LogP contribution in [0.5, 0.6) is 11.5 Å². The summed E-state index contributed by atoms with van der Waals surface area (Å²) in [6.07, 6.45) is -0.169. The zero-order chi connectivity index (χ0) is 36.1. The SMILES string of the molecule is [B][C@H]1C[C@@H](O[P+](=O)OC[C@H]2O[C@@H](n3cc(C)c(=O)[nH]c3=O)C[C@H]2C)[C@@H](COC(c2ccccc2)(c2ccc(OC)cc2)c2ccc(OC)cc2)O1. The summed E-state index contributed by atoms with van der Waals surface area (Å²) in [5.41, 5.74) is 0.860. The smallest absolute Gasteiger partial charge is 0.497 e. The molecule has 0 bridgehead atoms. The van der Waals surface area contributed by atoms with Gasteiger partial charge in [-0.3, -0.25) is 14.3 Å². The Morgan fingerprint density at radius 3 is 2.08 bits per heavy atom. The average molecular weight is 716 g/mol. The fourth-order valence-corrected chi connectivity index (χ4v) is 7.38. The highest BCUT2D eigenvalue weighted by molar-refractivity contribution is 7.33. The van der Waals surface area contributed by atoms with Gasteiger partial charge >= 0.3 is 13.9 Å². The fraction of sp³-hybridized carbons (Fsp3) is 0.405. The van der Waals surface area contributed by atoms with Crippen molar-refractivity contribution in [2.45, 2.75) is 62.8 Å². The van der Waals surface area contributed by atoms with Crippen LogP contribution in [-0.4, -0.2) is 69.1 Å². The molecule has 6 rings (SSSR count). The molecule has 1 N–H and O–H groups in total. The summed E-state index contributed by atoms with van der Waals surface area (Å²) in [4.78, 5) is 26.5. The molecule has 0 spiro atoms. The van der Waals surface area contributed by atoms with Crippen molar-refractivity contribution in [1.29, 1.82) is 0 Å². The minimum absolute atomic E-state index is 0.0241. The summed E-state index contributed by atoms with van der Waals surface area (Å²) in [5.74, 6) is 1.38. The lowest BCUT2D eigenvalue weighted by atomic mass is 9.80. The van der Waals surface area contributed by atoms with E-state index < -0.39 is 55.6 Å². The molecule has 2 aliphatic heterocycles. The normalized spacial score (nSPS) is 23.6. The zero-order valence-electron chi connectivity index (χ0n) is 28.9. The van der Waals surface area contributed by atoms with E-state index in [2.05, 4.69) is 4.98 Å². The van der Waals surface area contributed by atoms with Crippen molar-refractivity contribution in [3.8, 4) is 11.5 Å². The third kappa shape index (κ3) is 8.04. The maximum atomic E-state index is 13.2. The molecule has 2 radical (unpaired) electrons. The Labute approximate surface area is 298 Å². The highest BCUT2D eigenvalue weighted by atomic mass is 31.1. The van der Waals surface area contributed by atoms with Crippen molar-refractivity contribution in [2.75, 3.05) is 27.4 Å². The van der Waals surface area contributed by atoms with Gasteiger partial charge in [0.15, 0.2) is 0 Å². The molecule has 0 saturated carbocycles. The van der Waals surface area contributed by atoms with E-state index in [1.165, 1.54) is 10.8 Å². The number of hydrogen-bond acceptors (Lipinski definition) is 10. The van der Waals surface area contributed by atoms with E-state index in [-0.39, 0.29) is 25.6 Å². The van der Waals surface area contributed by atoms with Crippen LogP contribution in [0.3, 0.4) is 0 Å². The first-order chi connectivity index (χ1) is 24.6. The predicted octanol–water partition coefficient (Wildman–Crippen LogP) is 5.14. The number of rotatable bonds is 14. The van der Waals surface area contributed by atoms with Crippen LogP contribution in [0.4, 0.5) is 0 Å². The van der Waals surface area contributed by atoms with Crippen molar-refractivity contribution in [1.82, 2.24) is 9.55 Å². The Morgan fingerprint density at radius 2 is 1.47 bits per heavy atom. The van der Waals surface area contributed by atoms with E-state index in [4.69, 9.17) is 40.6 Å². The van der Waals surface area contributed by atoms with Crippen LogP contribution in [0.25, 0.3) is 0 Å². The molecule has 1 aromatic heterocycles. The standard InChI is InChI=1S/C37H40BN2O10P/c1-23-18-34(40-20-24(2)35(41)39-36(40)42)49-31(23)22-47-51(43)50-30-19-33(38)48-32(30)21-46-37(25-8-6-5-7-9-25,26-10-14-28(44-3)15-11-26)27-12-16-29(45-4)17-13-27/h5-17,20,23,30-34H,18-19,21-22H2,1-4H3/p+1/t23-,30-,31-,32-,33-,34-/m1/s1. The molecule has 7 atom stereocenters. The van der Waals surface area contributed by atoms with E-state index in [1.54, 1.807) is 21.1 Å². The lowest BCUT2D eigenvalue weighted by Crippen LogP contribution is -2.38. The number of aryl methyl sites for hydroxylation is 1. The number of nitrogens with one attached hydrogen (secondary N) is 1. The van der Waals surface area contributed by atoms with Crippen molar-refractivity contribution in [3.63, 3.8) is 0 Å². The van der Waals surface area contributed by atoms with Crippen LogP contribution in [0.1, 0.15) is 48.2 Å². The van der Waals surface area contributed by atoms with Gasteiger partial charge in [-0.15, -0.1) is 9.05 Å². The molecular weight excluding hydrogens is 674 g/mol. The number of methoxy groups -OCH3 is 2. The minimum Gasteiger partial charge on any atom is -0.497 e. The molecule has 51 heavy (non-hydrogen) atoms. The fourth-order valence-electron chi connectivity index (χ4n) is 6.61. The largest absolute Gasteiger partial charge is 0.697 e. The lowest BCUT2D eigenvalue weighted by molar-refractivity contribution is -0.0716. The Hall–Kier alpha value is -4.10. The molecule has 266 valence electrons. The number of nitrogens with zero attached hydrogens (tertiary/aromatic N) is 1. The summed E-state index contributed by atoms with van der Waals surface area (Å²) in [6.45, 7) is 3.57. The number of aromatic amines is 1. The van der Waals surface area contributed by atoms with Gasteiger partial charge in [-0.25, -0.2) is 4.79 Å². The van der Waals surface area contributed by atoms with Crippen LogP contribution in [0.15, 0.2) is 94.6 Å². The maximum Gasteiger partial charge on any atom is 0.697 e. The van der Waals surface area contributed by atoms with E-state index >= 15 is 0 Å². The minimum atomic E-state index is -2.60. The molecule has 2 saturated heterocycles. The third-order valence-corrected chi connectivity index (χ3v) is 10.2. The number of aromatic nitrogens is 2. The van der Waals surface area contributed by atoms with Crippen LogP contribution in [0, 0.1) is 12.8 Å². The average Bonchev–Trinajstić information content (AvgIpc) is 3.69. The molecule has 12 nitrogen and oxygen atoms in total. The second kappa shape index (κ2) is 16.1. The van der Waals surface area contributed by atoms with Gasteiger partial charge in [-0.05, 0) is 66.6 Å². The van der Waals surface area contributed by atoms with Crippen molar-refractivity contribution in [3.05, 3.63) is 128 Å². The number of ether oxygens (including phenoxy) is 5. The molecule has 0 amide bonds. The first-order valence-corrected chi connectivity index (χ1v) is 17.8. The number of benzene rings is 3. The summed E-state index contributed by atoms with van der Waals surface area (Å²) in [6, 6.07) is 24.5. The molecule has 3 aromatic carbocycles. The topological polar surface area (TPSA) is 137 Å². The molecule has 1 unspecified atom stereocenters. The molecule has 0 aliphatic carbocycles.